The molecule has 0 fully saturated rings. The van der Waals surface area contributed by atoms with Crippen LogP contribution in [-0.2, 0) is 6.42 Å². The zero-order valence-electron chi connectivity index (χ0n) is 9.56. The fourth-order valence-electron chi connectivity index (χ4n) is 1.23. The number of hydrogen-bond acceptors (Lipinski definition) is 4. The zero-order chi connectivity index (χ0) is 12.7. The largest absolute Gasteiger partial charge is 0.397 e. The van der Waals surface area contributed by atoms with E-state index in [-0.39, 0.29) is 6.61 Å². The number of rotatable bonds is 2. The third kappa shape index (κ3) is 4.73. The fourth-order valence-corrected chi connectivity index (χ4v) is 2.14. The number of anilines is 1. The quantitative estimate of drug-likeness (QED) is 0.882. The van der Waals surface area contributed by atoms with Gasteiger partial charge in [-0.05, 0) is 18.6 Å². The molecule has 3 nitrogen and oxygen atoms in total. The Morgan fingerprint density at radius 2 is 2.06 bits per heavy atom. The number of halogens is 1. The molecule has 1 heterocycles. The molecule has 0 spiro atoms. The highest BCUT2D eigenvalue weighted by Crippen LogP contribution is 2.22. The Kier molecular flexibility index (Phi) is 5.97. The SMILES string of the molecule is CCO.Nc1ncc(Cc2ccccc2Cl)s1. The van der Waals surface area contributed by atoms with E-state index in [9.17, 15) is 0 Å². The van der Waals surface area contributed by atoms with E-state index in [0.29, 0.717) is 5.13 Å². The maximum atomic E-state index is 7.57. The van der Waals surface area contributed by atoms with Crippen LogP contribution in [0.3, 0.4) is 0 Å². The highest BCUT2D eigenvalue weighted by atomic mass is 35.5. The first-order chi connectivity index (χ1) is 8.17. The van der Waals surface area contributed by atoms with E-state index in [1.54, 1.807) is 13.1 Å². The van der Waals surface area contributed by atoms with Crippen molar-refractivity contribution in [3.63, 3.8) is 0 Å². The Hall–Kier alpha value is -1.10. The van der Waals surface area contributed by atoms with Gasteiger partial charge in [-0.2, -0.15) is 0 Å². The monoisotopic (exact) mass is 270 g/mol. The van der Waals surface area contributed by atoms with Crippen LogP contribution in [-0.4, -0.2) is 16.7 Å². The molecule has 0 amide bonds. The summed E-state index contributed by atoms with van der Waals surface area (Å²) in [5.41, 5.74) is 6.65. The number of aromatic nitrogens is 1. The highest BCUT2D eigenvalue weighted by Gasteiger charge is 2.03. The number of aliphatic hydroxyl groups is 1. The molecule has 2 aromatic rings. The van der Waals surface area contributed by atoms with E-state index in [1.807, 2.05) is 24.3 Å². The molecule has 0 radical (unpaired) electrons. The molecule has 17 heavy (non-hydrogen) atoms. The third-order valence-corrected chi connectivity index (χ3v) is 3.09. The molecule has 0 saturated heterocycles. The first kappa shape index (κ1) is 14.0. The maximum absolute atomic E-state index is 7.57. The van der Waals surface area contributed by atoms with Crippen LogP contribution in [0.25, 0.3) is 0 Å². The predicted octanol–water partition coefficient (Wildman–Crippen LogP) is 2.97. The molecule has 1 aromatic carbocycles. The van der Waals surface area contributed by atoms with E-state index in [1.165, 1.54) is 11.3 Å². The Labute approximate surface area is 110 Å². The van der Waals surface area contributed by atoms with Crippen molar-refractivity contribution in [3.8, 4) is 0 Å². The van der Waals surface area contributed by atoms with E-state index < -0.39 is 0 Å². The number of hydrogen-bond donors (Lipinski definition) is 2. The van der Waals surface area contributed by atoms with Gasteiger partial charge in [0.2, 0.25) is 0 Å². The van der Waals surface area contributed by atoms with Crippen LogP contribution in [0.5, 0.6) is 0 Å². The lowest BCUT2D eigenvalue weighted by Crippen LogP contribution is -1.85. The van der Waals surface area contributed by atoms with Crippen LogP contribution >= 0.6 is 22.9 Å². The summed E-state index contributed by atoms with van der Waals surface area (Å²) >= 11 is 7.53. The number of thiazole rings is 1. The van der Waals surface area contributed by atoms with Crippen molar-refractivity contribution in [1.82, 2.24) is 4.98 Å². The second-order valence-electron chi connectivity index (χ2n) is 3.25. The van der Waals surface area contributed by atoms with E-state index in [0.717, 1.165) is 21.9 Å². The Morgan fingerprint density at radius 3 is 2.59 bits per heavy atom. The van der Waals surface area contributed by atoms with Crippen molar-refractivity contribution in [1.29, 1.82) is 0 Å². The van der Waals surface area contributed by atoms with Gasteiger partial charge in [-0.15, -0.1) is 11.3 Å². The molecule has 92 valence electrons. The fraction of sp³-hybridized carbons (Fsp3) is 0.250. The maximum Gasteiger partial charge on any atom is 0.180 e. The van der Waals surface area contributed by atoms with E-state index in [2.05, 4.69) is 4.98 Å². The molecule has 0 bridgehead atoms. The summed E-state index contributed by atoms with van der Waals surface area (Å²) in [5.74, 6) is 0. The minimum Gasteiger partial charge on any atom is -0.397 e. The molecule has 0 aliphatic heterocycles. The lowest BCUT2D eigenvalue weighted by atomic mass is 10.1. The predicted molar refractivity (Wildman–Crippen MR) is 73.5 cm³/mol. The Bertz CT molecular complexity index is 459. The van der Waals surface area contributed by atoms with Gasteiger partial charge in [0.15, 0.2) is 5.13 Å². The van der Waals surface area contributed by atoms with Gasteiger partial charge in [0.1, 0.15) is 0 Å². The van der Waals surface area contributed by atoms with Crippen LogP contribution in [0.2, 0.25) is 5.02 Å². The van der Waals surface area contributed by atoms with Gasteiger partial charge < -0.3 is 10.8 Å². The van der Waals surface area contributed by atoms with Crippen molar-refractivity contribution in [2.45, 2.75) is 13.3 Å². The average molecular weight is 271 g/mol. The molecular formula is C12H15ClN2OS. The Balaban J connectivity index is 0.000000437. The minimum atomic E-state index is 0.250. The average Bonchev–Trinajstić information content (AvgIpc) is 2.69. The summed E-state index contributed by atoms with van der Waals surface area (Å²) in [6, 6.07) is 7.80. The van der Waals surface area contributed by atoms with Gasteiger partial charge in [-0.1, -0.05) is 29.8 Å². The third-order valence-electron chi connectivity index (χ3n) is 1.89. The summed E-state index contributed by atoms with van der Waals surface area (Å²) in [6.07, 6.45) is 2.60. The number of nitrogens with zero attached hydrogens (tertiary/aromatic N) is 1. The first-order valence-electron chi connectivity index (χ1n) is 5.21. The van der Waals surface area contributed by atoms with Crippen LogP contribution in [0.15, 0.2) is 30.5 Å². The lowest BCUT2D eigenvalue weighted by Gasteiger charge is -2.00. The molecule has 0 atom stereocenters. The summed E-state index contributed by atoms with van der Waals surface area (Å²) in [6.45, 7) is 1.93. The van der Waals surface area contributed by atoms with E-state index in [4.69, 9.17) is 22.4 Å². The van der Waals surface area contributed by atoms with Gasteiger partial charge in [-0.25, -0.2) is 4.98 Å². The number of aliphatic hydroxyl groups excluding tert-OH is 1. The number of benzene rings is 1. The number of nitrogens with two attached hydrogens (primary N) is 1. The number of nitrogen functional groups attached to an aromatic ring is 1. The molecule has 0 unspecified atom stereocenters. The van der Waals surface area contributed by atoms with Crippen LogP contribution in [0.1, 0.15) is 17.4 Å². The van der Waals surface area contributed by atoms with Crippen molar-refractivity contribution in [2.24, 2.45) is 0 Å². The second-order valence-corrected chi connectivity index (χ2v) is 4.80. The molecule has 1 aromatic heterocycles. The van der Waals surface area contributed by atoms with E-state index >= 15 is 0 Å². The smallest absolute Gasteiger partial charge is 0.180 e. The molecule has 0 saturated carbocycles. The van der Waals surface area contributed by atoms with Gasteiger partial charge >= 0.3 is 0 Å². The van der Waals surface area contributed by atoms with Crippen molar-refractivity contribution in [3.05, 3.63) is 45.9 Å². The summed E-state index contributed by atoms with van der Waals surface area (Å²) < 4.78 is 0. The highest BCUT2D eigenvalue weighted by molar-refractivity contribution is 7.15. The lowest BCUT2D eigenvalue weighted by molar-refractivity contribution is 0.318. The molecule has 3 N–H and O–H groups in total. The van der Waals surface area contributed by atoms with Crippen molar-refractivity contribution >= 4 is 28.1 Å². The summed E-state index contributed by atoms with van der Waals surface area (Å²) in [7, 11) is 0. The van der Waals surface area contributed by atoms with Gasteiger partial charge in [0, 0.05) is 29.1 Å². The van der Waals surface area contributed by atoms with Crippen LogP contribution < -0.4 is 5.73 Å². The second kappa shape index (κ2) is 7.27. The minimum absolute atomic E-state index is 0.250. The molecule has 2 rings (SSSR count). The van der Waals surface area contributed by atoms with Gasteiger partial charge in [0.05, 0.1) is 0 Å². The normalized spacial score (nSPS) is 9.59. The molecular weight excluding hydrogens is 256 g/mol. The summed E-state index contributed by atoms with van der Waals surface area (Å²) in [5, 5.41) is 8.96. The standard InChI is InChI=1S/C10H9ClN2S.C2H6O/c11-9-4-2-1-3-7(9)5-8-6-13-10(12)14-8;1-2-3/h1-4,6H,5H2,(H2,12,13);3H,2H2,1H3. The van der Waals surface area contributed by atoms with Crippen LogP contribution in [0.4, 0.5) is 5.13 Å². The molecule has 5 heteroatoms. The summed E-state index contributed by atoms with van der Waals surface area (Å²) in [4.78, 5) is 5.13. The van der Waals surface area contributed by atoms with Crippen molar-refractivity contribution in [2.75, 3.05) is 12.3 Å². The molecule has 0 aliphatic carbocycles. The van der Waals surface area contributed by atoms with Crippen LogP contribution in [0, 0.1) is 0 Å². The first-order valence-corrected chi connectivity index (χ1v) is 6.41. The topological polar surface area (TPSA) is 59.1 Å². The van der Waals surface area contributed by atoms with Gasteiger partial charge in [-0.3, -0.25) is 0 Å². The van der Waals surface area contributed by atoms with Crippen molar-refractivity contribution < 1.29 is 5.11 Å². The van der Waals surface area contributed by atoms with Gasteiger partial charge in [0.25, 0.3) is 0 Å². The Morgan fingerprint density at radius 1 is 1.41 bits per heavy atom. The molecule has 0 aliphatic rings. The zero-order valence-corrected chi connectivity index (χ0v) is 11.1.